The number of unbranched alkanes of at least 4 members (excludes halogenated alkanes) is 4. The van der Waals surface area contributed by atoms with E-state index in [2.05, 4.69) is 13.8 Å². The summed E-state index contributed by atoms with van der Waals surface area (Å²) < 4.78 is 16.2. The van der Waals surface area contributed by atoms with E-state index in [9.17, 15) is 4.79 Å². The molecule has 0 saturated carbocycles. The third-order valence-corrected chi connectivity index (χ3v) is 4.55. The summed E-state index contributed by atoms with van der Waals surface area (Å²) in [5.41, 5.74) is 0.494. The van der Waals surface area contributed by atoms with Crippen molar-refractivity contribution < 1.29 is 19.0 Å². The van der Waals surface area contributed by atoms with Crippen molar-refractivity contribution >= 4 is 5.97 Å². The topological polar surface area (TPSA) is 44.8 Å². The van der Waals surface area contributed by atoms with E-state index in [1.807, 2.05) is 12.1 Å². The number of methoxy groups -OCH3 is 1. The van der Waals surface area contributed by atoms with E-state index >= 15 is 0 Å². The number of hydrogen-bond acceptors (Lipinski definition) is 4. The molecule has 152 valence electrons. The molecule has 0 heterocycles. The molecule has 0 fully saturated rings. The van der Waals surface area contributed by atoms with E-state index in [-0.39, 0.29) is 0 Å². The van der Waals surface area contributed by atoms with Crippen molar-refractivity contribution in [1.29, 1.82) is 0 Å². The zero-order chi connectivity index (χ0) is 20.2. The molecule has 4 nitrogen and oxygen atoms in total. The molecule has 0 atom stereocenters. The largest absolute Gasteiger partial charge is 0.497 e. The number of ether oxygens (including phenoxy) is 3. The van der Waals surface area contributed by atoms with E-state index in [1.54, 1.807) is 43.5 Å². The Hall–Kier alpha value is -2.49. The summed E-state index contributed by atoms with van der Waals surface area (Å²) in [6, 6.07) is 14.0. The van der Waals surface area contributed by atoms with Crippen LogP contribution in [-0.2, 0) is 0 Å². The van der Waals surface area contributed by atoms with Gasteiger partial charge in [-0.05, 0) is 60.9 Å². The molecular formula is C24H32O4. The summed E-state index contributed by atoms with van der Waals surface area (Å²) in [5, 5.41) is 0. The predicted molar refractivity (Wildman–Crippen MR) is 112 cm³/mol. The maximum absolute atomic E-state index is 12.2. The molecule has 4 heteroatoms. The average molecular weight is 385 g/mol. The molecule has 2 aromatic rings. The van der Waals surface area contributed by atoms with E-state index < -0.39 is 5.97 Å². The van der Waals surface area contributed by atoms with E-state index in [1.165, 1.54) is 32.1 Å². The number of hydrogen-bond donors (Lipinski definition) is 0. The van der Waals surface area contributed by atoms with Crippen LogP contribution in [-0.4, -0.2) is 19.7 Å². The molecule has 0 aliphatic rings. The first-order valence-electron chi connectivity index (χ1n) is 10.2. The highest BCUT2D eigenvalue weighted by Crippen LogP contribution is 2.19. The molecule has 0 N–H and O–H groups in total. The van der Waals surface area contributed by atoms with Crippen LogP contribution in [0.3, 0.4) is 0 Å². The molecule has 0 aromatic heterocycles. The number of esters is 1. The fourth-order valence-corrected chi connectivity index (χ4v) is 2.87. The van der Waals surface area contributed by atoms with Crippen LogP contribution < -0.4 is 14.2 Å². The third-order valence-electron chi connectivity index (χ3n) is 4.55. The number of carbonyl (C=O) groups is 1. The van der Waals surface area contributed by atoms with Crippen LogP contribution in [0.2, 0.25) is 0 Å². The Morgan fingerprint density at radius 2 is 1.36 bits per heavy atom. The SMILES string of the molecule is COc1ccc(OC(=O)c2ccc(OCCCCCCCC(C)C)cc2)cc1. The molecule has 0 bridgehead atoms. The van der Waals surface area contributed by atoms with E-state index in [4.69, 9.17) is 14.2 Å². The Kier molecular flexibility index (Phi) is 9.40. The van der Waals surface area contributed by atoms with Crippen LogP contribution >= 0.6 is 0 Å². The molecule has 0 saturated heterocycles. The fraction of sp³-hybridized carbons (Fsp3) is 0.458. The maximum atomic E-state index is 12.2. The van der Waals surface area contributed by atoms with Crippen molar-refractivity contribution in [1.82, 2.24) is 0 Å². The van der Waals surface area contributed by atoms with Crippen LogP contribution in [0.25, 0.3) is 0 Å². The van der Waals surface area contributed by atoms with Crippen LogP contribution in [0.5, 0.6) is 17.2 Å². The second-order valence-corrected chi connectivity index (χ2v) is 7.39. The minimum Gasteiger partial charge on any atom is -0.497 e. The molecule has 0 aliphatic carbocycles. The summed E-state index contributed by atoms with van der Waals surface area (Å²) in [6.45, 7) is 5.26. The maximum Gasteiger partial charge on any atom is 0.343 e. The lowest BCUT2D eigenvalue weighted by molar-refractivity contribution is 0.0734. The van der Waals surface area contributed by atoms with Crippen molar-refractivity contribution in [3.8, 4) is 17.2 Å². The minimum atomic E-state index is -0.391. The van der Waals surface area contributed by atoms with Crippen molar-refractivity contribution in [2.45, 2.75) is 52.4 Å². The highest BCUT2D eigenvalue weighted by Gasteiger charge is 2.09. The monoisotopic (exact) mass is 384 g/mol. The van der Waals surface area contributed by atoms with Crippen molar-refractivity contribution in [2.75, 3.05) is 13.7 Å². The third kappa shape index (κ3) is 8.03. The normalized spacial score (nSPS) is 10.7. The highest BCUT2D eigenvalue weighted by molar-refractivity contribution is 5.91. The molecule has 2 aromatic carbocycles. The average Bonchev–Trinajstić information content (AvgIpc) is 2.70. The van der Waals surface area contributed by atoms with Crippen LogP contribution in [0.1, 0.15) is 62.7 Å². The van der Waals surface area contributed by atoms with Gasteiger partial charge in [-0.2, -0.15) is 0 Å². The molecule has 0 spiro atoms. The lowest BCUT2D eigenvalue weighted by Gasteiger charge is -2.08. The quantitative estimate of drug-likeness (QED) is 0.245. The van der Waals surface area contributed by atoms with Gasteiger partial charge in [0.25, 0.3) is 0 Å². The second kappa shape index (κ2) is 12.1. The highest BCUT2D eigenvalue weighted by atomic mass is 16.5. The van der Waals surface area contributed by atoms with Gasteiger partial charge in [-0.3, -0.25) is 0 Å². The van der Waals surface area contributed by atoms with Crippen LogP contribution in [0.15, 0.2) is 48.5 Å². The molecular weight excluding hydrogens is 352 g/mol. The first kappa shape index (κ1) is 21.8. The lowest BCUT2D eigenvalue weighted by Crippen LogP contribution is -2.08. The first-order chi connectivity index (χ1) is 13.6. The van der Waals surface area contributed by atoms with Gasteiger partial charge in [0.05, 0.1) is 19.3 Å². The Balaban J connectivity index is 1.67. The Bertz CT molecular complexity index is 690. The van der Waals surface area contributed by atoms with Gasteiger partial charge in [-0.15, -0.1) is 0 Å². The molecule has 28 heavy (non-hydrogen) atoms. The second-order valence-electron chi connectivity index (χ2n) is 7.39. The standard InChI is InChI=1S/C24H32O4/c1-19(2)9-7-5-4-6-8-18-27-22-12-10-20(11-13-22)24(25)28-23-16-14-21(26-3)15-17-23/h10-17,19H,4-9,18H2,1-3H3. The Morgan fingerprint density at radius 3 is 2.00 bits per heavy atom. The molecule has 0 unspecified atom stereocenters. The molecule has 0 radical (unpaired) electrons. The van der Waals surface area contributed by atoms with E-state index in [0.29, 0.717) is 17.9 Å². The van der Waals surface area contributed by atoms with Gasteiger partial charge < -0.3 is 14.2 Å². The van der Waals surface area contributed by atoms with Crippen LogP contribution in [0.4, 0.5) is 0 Å². The number of benzene rings is 2. The summed E-state index contributed by atoms with van der Waals surface area (Å²) in [7, 11) is 1.60. The van der Waals surface area contributed by atoms with E-state index in [0.717, 1.165) is 23.8 Å². The lowest BCUT2D eigenvalue weighted by atomic mass is 10.0. The van der Waals surface area contributed by atoms with Gasteiger partial charge in [-0.25, -0.2) is 4.79 Å². The molecule has 0 amide bonds. The van der Waals surface area contributed by atoms with Gasteiger partial charge in [0.15, 0.2) is 0 Å². The van der Waals surface area contributed by atoms with Crippen LogP contribution in [0, 0.1) is 5.92 Å². The van der Waals surface area contributed by atoms with Crippen molar-refractivity contribution in [2.24, 2.45) is 5.92 Å². The number of rotatable bonds is 12. The van der Waals surface area contributed by atoms with Gasteiger partial charge in [0, 0.05) is 0 Å². The minimum absolute atomic E-state index is 0.391. The predicted octanol–water partition coefficient (Wildman–Crippen LogP) is 6.29. The number of carbonyl (C=O) groups excluding carboxylic acids is 1. The van der Waals surface area contributed by atoms with Gasteiger partial charge in [0.2, 0.25) is 0 Å². The zero-order valence-electron chi connectivity index (χ0n) is 17.3. The summed E-state index contributed by atoms with van der Waals surface area (Å²) in [6.07, 6.45) is 7.49. The van der Waals surface area contributed by atoms with Crippen molar-refractivity contribution in [3.63, 3.8) is 0 Å². The van der Waals surface area contributed by atoms with Gasteiger partial charge in [0.1, 0.15) is 17.2 Å². The van der Waals surface area contributed by atoms with Gasteiger partial charge >= 0.3 is 5.97 Å². The van der Waals surface area contributed by atoms with Crippen molar-refractivity contribution in [3.05, 3.63) is 54.1 Å². The fourth-order valence-electron chi connectivity index (χ4n) is 2.87. The smallest absolute Gasteiger partial charge is 0.343 e. The summed E-state index contributed by atoms with van der Waals surface area (Å²) in [4.78, 5) is 12.2. The summed E-state index contributed by atoms with van der Waals surface area (Å²) in [5.74, 6) is 2.40. The summed E-state index contributed by atoms with van der Waals surface area (Å²) >= 11 is 0. The zero-order valence-corrected chi connectivity index (χ0v) is 17.3. The Morgan fingerprint density at radius 1 is 0.786 bits per heavy atom. The first-order valence-corrected chi connectivity index (χ1v) is 10.2. The van der Waals surface area contributed by atoms with Gasteiger partial charge in [-0.1, -0.05) is 46.0 Å². The molecule has 0 aliphatic heterocycles. The Labute approximate surface area is 168 Å². The molecule has 2 rings (SSSR count).